The number of nitrogens with one attached hydrogen (secondary N) is 3. The molecule has 5 fully saturated rings. The molecule has 1 aliphatic carbocycles. The zero-order chi connectivity index (χ0) is 93.4. The van der Waals surface area contributed by atoms with Gasteiger partial charge < -0.3 is 54.4 Å². The molecular weight excluding hydrogens is 1680 g/mol. The van der Waals surface area contributed by atoms with E-state index < -0.39 is 131 Å². The number of nitrogens with two attached hydrogens (primary N) is 5. The van der Waals surface area contributed by atoms with Crippen molar-refractivity contribution < 1.29 is 70.7 Å². The van der Waals surface area contributed by atoms with Crippen molar-refractivity contribution in [2.24, 2.45) is 35.3 Å². The van der Waals surface area contributed by atoms with Crippen molar-refractivity contribution in [1.82, 2.24) is 80.4 Å². The Balaban J connectivity index is 0.000000158. The van der Waals surface area contributed by atoms with Gasteiger partial charge in [-0.2, -0.15) is 13.2 Å². The molecule has 0 radical (unpaired) electrons. The van der Waals surface area contributed by atoms with Crippen LogP contribution in [0.5, 0.6) is 0 Å². The molecule has 7 aromatic heterocycles. The number of carbonyl (C=O) groups is 12. The molecule has 1 saturated carbocycles. The molecule has 40 heteroatoms. The predicted octanol–water partition coefficient (Wildman–Crippen LogP) is 7.61. The number of hydrogen-bond acceptors (Lipinski definition) is 25. The smallest absolute Gasteiger partial charge is 0.384 e. The Kier molecular flexibility index (Phi) is 29.8. The van der Waals surface area contributed by atoms with E-state index in [-0.39, 0.29) is 55.5 Å². The molecule has 4 saturated heterocycles. The number of likely N-dealkylation sites (N-methyl/N-ethyl adjacent to an activating group) is 4. The van der Waals surface area contributed by atoms with Gasteiger partial charge in [0.25, 0.3) is 23.6 Å². The lowest BCUT2D eigenvalue weighted by Gasteiger charge is -2.46. The number of β-lactam (4-membered cyclic amide) rings is 4. The molecule has 16 amide bonds. The third-order valence-electron chi connectivity index (χ3n) is 22.6. The van der Waals surface area contributed by atoms with Gasteiger partial charge in [0.1, 0.15) is 53.5 Å². The summed E-state index contributed by atoms with van der Waals surface area (Å²) in [7, 11) is 6.11. The van der Waals surface area contributed by atoms with Crippen molar-refractivity contribution >= 4 is 118 Å². The average Bonchev–Trinajstić information content (AvgIpc) is 0.969. The number of alkyl halides is 3. The first kappa shape index (κ1) is 93.4. The Morgan fingerprint density at radius 1 is 0.408 bits per heavy atom. The van der Waals surface area contributed by atoms with Crippen LogP contribution in [-0.4, -0.2) is 200 Å². The highest BCUT2D eigenvalue weighted by atomic mass is 19.4. The summed E-state index contributed by atoms with van der Waals surface area (Å²) in [6.45, 7) is 2.78. The Morgan fingerprint density at radius 3 is 1.08 bits per heavy atom. The maximum atomic E-state index is 13.6. The number of halogens is 3. The first-order chi connectivity index (χ1) is 62.2. The standard InChI is InChI=1S/C26H27N7O3.C26H29N7O3.C21H22F3N5O3.C17H18N6O3/c1-32(25-29-11-5-12-30-25)24(35)22-19(14-16-10-13-28-20(27)15-16)23(34)33(22)26(36)31-21(18-8-9-18)17-6-3-2-4-7-17;1-3-8-20(18-9-5-4-6-10-18)31-26(36)33-22(24(35)32(2)25-29-12-7-13-30-25)19(23(33)34)15-17-11-14-28-21(27)16-17;1-12(21(22,23)24)27-20(32)29-17(19(31)28(2)14-6-4-3-5-7-14)15(18(29)30)10-13-8-9-26-16(25)11-13;1-22(11-3-5-20-6-4-11)16(25)14-12(15(24)23(14)17(19)26)8-10-2-7-21-13(18)9-10/h2-7,10-13,15,18-19,21-22H,8-9,14H2,1H3,(H2,27,28)(H,31,36);4-7,9-14,16,19-20,22H,3,8,15H2,1-2H3,(H2,27,28)(H,31,36);3-9,11-12,15,17H,10H2,1-2H3,(H2,25,26)(H,27,32);2-7,9,12,14H,8H2,1H3,(H2,18,21)(H2,19,26)/t19-,21+,22+;19-,20-,22+;12?,15-,17+;12-,14+/m1111/s1. The average molecular weight is 1780 g/mol. The summed E-state index contributed by atoms with van der Waals surface area (Å²) in [4.78, 5) is 201. The number of amides is 16. The third kappa shape index (κ3) is 21.8. The molecule has 1 unspecified atom stereocenters. The largest absolute Gasteiger partial charge is 0.408 e. The summed E-state index contributed by atoms with van der Waals surface area (Å²) >= 11 is 0. The normalized spacial score (nSPS) is 18.9. The van der Waals surface area contributed by atoms with E-state index in [1.807, 2.05) is 67.6 Å². The van der Waals surface area contributed by atoms with Gasteiger partial charge in [0, 0.05) is 102 Å². The zero-order valence-corrected chi connectivity index (χ0v) is 71.5. The van der Waals surface area contributed by atoms with Crippen molar-refractivity contribution in [3.63, 3.8) is 0 Å². The van der Waals surface area contributed by atoms with E-state index in [4.69, 9.17) is 28.7 Å². The minimum Gasteiger partial charge on any atom is -0.384 e. The topological polar surface area (TPSA) is 513 Å². The molecule has 11 heterocycles. The highest BCUT2D eigenvalue weighted by Gasteiger charge is 2.60. The van der Waals surface area contributed by atoms with Crippen molar-refractivity contribution in [3.8, 4) is 0 Å². The second-order valence-electron chi connectivity index (χ2n) is 31.4. The molecule has 3 aromatic carbocycles. The molecule has 15 rings (SSSR count). The number of nitrogens with zero attached hydrogens (tertiary/aromatic N) is 17. The number of anilines is 8. The lowest BCUT2D eigenvalue weighted by molar-refractivity contribution is -0.159. The number of hydrogen-bond donors (Lipinski definition) is 8. The van der Waals surface area contributed by atoms with Gasteiger partial charge in [-0.05, 0) is 176 Å². The highest BCUT2D eigenvalue weighted by Crippen LogP contribution is 2.43. The van der Waals surface area contributed by atoms with E-state index >= 15 is 0 Å². The van der Waals surface area contributed by atoms with Crippen LogP contribution in [-0.2, 0) is 64.0 Å². The van der Waals surface area contributed by atoms with Crippen LogP contribution in [0.2, 0.25) is 0 Å². The molecule has 0 bridgehead atoms. The predicted molar refractivity (Wildman–Crippen MR) is 471 cm³/mol. The molecule has 130 heavy (non-hydrogen) atoms. The summed E-state index contributed by atoms with van der Waals surface area (Å²) in [5.41, 5.74) is 34.1. The van der Waals surface area contributed by atoms with Crippen LogP contribution in [0.25, 0.3) is 0 Å². The van der Waals surface area contributed by atoms with Crippen LogP contribution in [0.1, 0.15) is 85.0 Å². The van der Waals surface area contributed by atoms with Gasteiger partial charge in [0.15, 0.2) is 0 Å². The van der Waals surface area contributed by atoms with Crippen LogP contribution < -0.4 is 64.2 Å². The molecule has 13 N–H and O–H groups in total. The Bertz CT molecular complexity index is 5750. The van der Waals surface area contributed by atoms with Crippen LogP contribution in [0.3, 0.4) is 0 Å². The Hall–Kier alpha value is -15.8. The number of likely N-dealkylation sites (tertiary alicyclic amines) is 4. The molecule has 11 atom stereocenters. The van der Waals surface area contributed by atoms with Gasteiger partial charge in [-0.3, -0.25) is 72.7 Å². The number of para-hydroxylation sites is 1. The number of primary amides is 1. The minimum atomic E-state index is -4.70. The molecule has 0 spiro atoms. The van der Waals surface area contributed by atoms with E-state index in [0.29, 0.717) is 51.6 Å². The van der Waals surface area contributed by atoms with E-state index in [0.717, 1.165) is 68.7 Å². The van der Waals surface area contributed by atoms with Gasteiger partial charge in [0.05, 0.1) is 35.8 Å². The van der Waals surface area contributed by atoms with Gasteiger partial charge >= 0.3 is 30.3 Å². The van der Waals surface area contributed by atoms with Crippen LogP contribution in [0.4, 0.5) is 78.9 Å². The number of pyridine rings is 5. The second kappa shape index (κ2) is 41.5. The van der Waals surface area contributed by atoms with Gasteiger partial charge in [0.2, 0.25) is 35.5 Å². The Morgan fingerprint density at radius 2 is 0.731 bits per heavy atom. The fourth-order valence-electron chi connectivity index (χ4n) is 15.6. The van der Waals surface area contributed by atoms with Crippen molar-refractivity contribution in [1.29, 1.82) is 0 Å². The Labute approximate surface area is 744 Å². The van der Waals surface area contributed by atoms with E-state index in [1.165, 1.54) is 84.0 Å². The molecule has 674 valence electrons. The fourth-order valence-corrected chi connectivity index (χ4v) is 15.6. The fraction of sp³-hybridized carbons (Fsp3) is 0.300. The van der Waals surface area contributed by atoms with Crippen LogP contribution in [0.15, 0.2) is 226 Å². The number of imide groups is 4. The summed E-state index contributed by atoms with van der Waals surface area (Å²) < 4.78 is 38.7. The number of rotatable bonds is 24. The summed E-state index contributed by atoms with van der Waals surface area (Å²) in [6.07, 6.45) is 14.9. The monoisotopic (exact) mass is 1780 g/mol. The van der Waals surface area contributed by atoms with Crippen LogP contribution >= 0.6 is 0 Å². The summed E-state index contributed by atoms with van der Waals surface area (Å²) in [5.74, 6) is -5.20. The third-order valence-corrected chi connectivity index (χ3v) is 22.6. The lowest BCUT2D eigenvalue weighted by Crippen LogP contribution is -2.71. The minimum absolute atomic E-state index is 0.0726. The van der Waals surface area contributed by atoms with Crippen molar-refractivity contribution in [2.75, 3.05) is 70.7 Å². The lowest BCUT2D eigenvalue weighted by atomic mass is 9.81. The zero-order valence-electron chi connectivity index (χ0n) is 71.5. The van der Waals surface area contributed by atoms with E-state index in [1.54, 1.807) is 134 Å². The molecule has 10 aromatic rings. The molecule has 4 aliphatic heterocycles. The van der Waals surface area contributed by atoms with Crippen molar-refractivity contribution in [2.45, 2.75) is 114 Å². The van der Waals surface area contributed by atoms with E-state index in [2.05, 4.69) is 55.5 Å². The maximum Gasteiger partial charge on any atom is 0.408 e. The number of nitrogen functional groups attached to an aromatic ring is 4. The first-order valence-electron chi connectivity index (χ1n) is 41.4. The SMILES string of the molecule is CC(NC(=O)N1C(=O)[C@H](Cc2ccnc(N)c2)[C@H]1C(=O)N(C)c1ccccc1)C(F)(F)F.CCC[C@@H](NC(=O)N1C(=O)[C@H](Cc2ccnc(N)c2)[C@H]1C(=O)N(C)c1ncccn1)c1ccccc1.CN(C(=O)[C@@H]1[C@@H](Cc2ccnc(N)c2)C(=O)N1C(=O)N[C@@H](c1ccccc1)C1CC1)c1ncccn1.CN(C(=O)[C@@H]1[C@@H](Cc2ccnc(N)c2)C(=O)N1C(N)=O)c1ccncc1. The first-order valence-corrected chi connectivity index (χ1v) is 41.4. The number of urea groups is 4. The number of carbonyl (C=O) groups excluding carboxylic acids is 12. The number of benzene rings is 3. The summed E-state index contributed by atoms with van der Waals surface area (Å²) in [5, 5.41) is 7.73. The molecule has 5 aliphatic rings. The second-order valence-corrected chi connectivity index (χ2v) is 31.4. The van der Waals surface area contributed by atoms with Crippen LogP contribution in [0, 0.1) is 29.6 Å². The van der Waals surface area contributed by atoms with Gasteiger partial charge in [-0.25, -0.2) is 59.0 Å². The maximum absolute atomic E-state index is 13.6. The number of aromatic nitrogens is 9. The summed E-state index contributed by atoms with van der Waals surface area (Å²) in [6, 6.07) is 37.3. The van der Waals surface area contributed by atoms with Gasteiger partial charge in [-0.1, -0.05) is 92.2 Å². The molecular formula is C90H96F3N25O12. The van der Waals surface area contributed by atoms with E-state index in [9.17, 15) is 70.7 Å². The highest BCUT2D eigenvalue weighted by molar-refractivity contribution is 6.15. The quantitative estimate of drug-likeness (QED) is 0.0270. The van der Waals surface area contributed by atoms with Crippen molar-refractivity contribution in [3.05, 3.63) is 259 Å². The molecule has 37 nitrogen and oxygen atoms in total. The van der Waals surface area contributed by atoms with Gasteiger partial charge in [-0.15, -0.1) is 0 Å².